The number of nitrogens with zero attached hydrogens (tertiary/aromatic N) is 1. The van der Waals surface area contributed by atoms with Gasteiger partial charge in [0.15, 0.2) is 0 Å². The number of carbonyl (C=O) groups is 1. The van der Waals surface area contributed by atoms with Crippen molar-refractivity contribution in [2.45, 2.75) is 13.3 Å². The van der Waals surface area contributed by atoms with Gasteiger partial charge in [0.1, 0.15) is 0 Å². The lowest BCUT2D eigenvalue weighted by Gasteiger charge is -2.08. The number of hydrogen-bond acceptors (Lipinski definition) is 2. The molecule has 0 aliphatic rings. The molecule has 3 nitrogen and oxygen atoms in total. The van der Waals surface area contributed by atoms with E-state index in [9.17, 15) is 4.79 Å². The van der Waals surface area contributed by atoms with Crippen LogP contribution < -0.4 is 0 Å². The normalized spacial score (nSPS) is 10.5. The third-order valence-electron chi connectivity index (χ3n) is 2.76. The Balaban J connectivity index is 2.51. The van der Waals surface area contributed by atoms with Crippen molar-refractivity contribution in [2.75, 3.05) is 0 Å². The highest BCUT2D eigenvalue weighted by Gasteiger charge is 2.10. The predicted octanol–water partition coefficient (Wildman–Crippen LogP) is 3.99. The van der Waals surface area contributed by atoms with Crippen LogP contribution in [0.1, 0.15) is 11.1 Å². The molecule has 0 saturated heterocycles. The lowest BCUT2D eigenvalue weighted by molar-refractivity contribution is -0.136. The number of aromatic nitrogens is 1. The smallest absolute Gasteiger partial charge is 0.307 e. The first-order valence-corrected chi connectivity index (χ1v) is 6.35. The lowest BCUT2D eigenvalue weighted by Crippen LogP contribution is -2.03. The highest BCUT2D eigenvalue weighted by molar-refractivity contribution is 6.35. The molecule has 0 amide bonds. The van der Waals surface area contributed by atoms with Crippen molar-refractivity contribution < 1.29 is 9.90 Å². The second-order valence-corrected chi connectivity index (χ2v) is 5.03. The number of halogens is 2. The van der Waals surface area contributed by atoms with Crippen LogP contribution in [-0.2, 0) is 11.2 Å². The van der Waals surface area contributed by atoms with E-state index in [4.69, 9.17) is 28.3 Å². The fraction of sp³-hybridized carbons (Fsp3) is 0.143. The molecule has 98 valence electrons. The van der Waals surface area contributed by atoms with Crippen LogP contribution in [-0.4, -0.2) is 16.1 Å². The summed E-state index contributed by atoms with van der Waals surface area (Å²) in [7, 11) is 0. The van der Waals surface area contributed by atoms with Gasteiger partial charge in [0.05, 0.1) is 17.1 Å². The number of aliphatic carboxylic acids is 1. The zero-order valence-electron chi connectivity index (χ0n) is 10.2. The molecule has 0 unspecified atom stereocenters. The molecule has 2 rings (SSSR count). The summed E-state index contributed by atoms with van der Waals surface area (Å²) in [5, 5.41) is 9.97. The molecule has 2 aromatic rings. The molecular weight excluding hydrogens is 285 g/mol. The monoisotopic (exact) mass is 295 g/mol. The van der Waals surface area contributed by atoms with Gasteiger partial charge in [-0.3, -0.25) is 9.78 Å². The van der Waals surface area contributed by atoms with Crippen LogP contribution in [0.4, 0.5) is 0 Å². The Bertz CT molecular complexity index is 641. The van der Waals surface area contributed by atoms with Crippen LogP contribution in [0.3, 0.4) is 0 Å². The summed E-state index contributed by atoms with van der Waals surface area (Å²) >= 11 is 12.1. The lowest BCUT2D eigenvalue weighted by atomic mass is 10.0. The number of hydrogen-bond donors (Lipinski definition) is 1. The number of carboxylic acid groups (broad SMARTS) is 1. The Hall–Kier alpha value is -1.58. The first-order valence-electron chi connectivity index (χ1n) is 5.60. The summed E-state index contributed by atoms with van der Waals surface area (Å²) < 4.78 is 0. The molecule has 0 aliphatic heterocycles. The summed E-state index contributed by atoms with van der Waals surface area (Å²) in [6.07, 6.45) is 1.60. The first-order chi connectivity index (χ1) is 8.97. The Kier molecular flexibility index (Phi) is 4.08. The standard InChI is InChI=1S/C14H11Cl2NO2/c1-8-7-17-13(4-9(8)5-14(18)19)11-6-10(15)2-3-12(11)16/h2-4,6-7H,5H2,1H3,(H,18,19). The zero-order valence-corrected chi connectivity index (χ0v) is 11.7. The molecule has 0 atom stereocenters. The topological polar surface area (TPSA) is 50.2 Å². The molecule has 1 N–H and O–H groups in total. The van der Waals surface area contributed by atoms with Gasteiger partial charge in [-0.05, 0) is 42.3 Å². The molecule has 0 saturated carbocycles. The minimum absolute atomic E-state index is 0.0421. The number of rotatable bonds is 3. The maximum absolute atomic E-state index is 10.8. The fourth-order valence-electron chi connectivity index (χ4n) is 1.76. The summed E-state index contributed by atoms with van der Waals surface area (Å²) in [6.45, 7) is 1.83. The van der Waals surface area contributed by atoms with E-state index in [1.165, 1.54) is 0 Å². The van der Waals surface area contributed by atoms with Gasteiger partial charge in [-0.1, -0.05) is 23.2 Å². The van der Waals surface area contributed by atoms with E-state index >= 15 is 0 Å². The molecule has 0 radical (unpaired) electrons. The third kappa shape index (κ3) is 3.25. The molecule has 19 heavy (non-hydrogen) atoms. The van der Waals surface area contributed by atoms with Crippen molar-refractivity contribution in [3.63, 3.8) is 0 Å². The predicted molar refractivity (Wildman–Crippen MR) is 75.8 cm³/mol. The number of benzene rings is 1. The van der Waals surface area contributed by atoms with Gasteiger partial charge in [-0.15, -0.1) is 0 Å². The molecule has 1 aromatic heterocycles. The zero-order chi connectivity index (χ0) is 14.0. The number of aryl methyl sites for hydroxylation is 1. The summed E-state index contributed by atoms with van der Waals surface area (Å²) in [5.74, 6) is -0.877. The van der Waals surface area contributed by atoms with Crippen molar-refractivity contribution in [3.8, 4) is 11.3 Å². The largest absolute Gasteiger partial charge is 0.481 e. The van der Waals surface area contributed by atoms with Crippen molar-refractivity contribution in [2.24, 2.45) is 0 Å². The average Bonchev–Trinajstić information content (AvgIpc) is 2.34. The minimum atomic E-state index is -0.877. The fourth-order valence-corrected chi connectivity index (χ4v) is 2.15. The Labute approximate surface area is 120 Å². The van der Waals surface area contributed by atoms with Crippen molar-refractivity contribution >= 4 is 29.2 Å². The van der Waals surface area contributed by atoms with E-state index in [2.05, 4.69) is 4.98 Å². The first kappa shape index (κ1) is 13.8. The quantitative estimate of drug-likeness (QED) is 0.931. The van der Waals surface area contributed by atoms with E-state index < -0.39 is 5.97 Å². The Morgan fingerprint density at radius 1 is 1.32 bits per heavy atom. The van der Waals surface area contributed by atoms with Crippen LogP contribution in [0.25, 0.3) is 11.3 Å². The summed E-state index contributed by atoms with van der Waals surface area (Å²) in [5.41, 5.74) is 2.87. The highest BCUT2D eigenvalue weighted by atomic mass is 35.5. The maximum Gasteiger partial charge on any atom is 0.307 e. The van der Waals surface area contributed by atoms with Crippen molar-refractivity contribution in [3.05, 3.63) is 51.6 Å². The summed E-state index contributed by atoms with van der Waals surface area (Å²) in [4.78, 5) is 15.1. The molecule has 0 aliphatic carbocycles. The molecule has 1 heterocycles. The minimum Gasteiger partial charge on any atom is -0.481 e. The molecule has 1 aromatic carbocycles. The van der Waals surface area contributed by atoms with Crippen LogP contribution >= 0.6 is 23.2 Å². The van der Waals surface area contributed by atoms with Gasteiger partial charge in [0.25, 0.3) is 0 Å². The van der Waals surface area contributed by atoms with Crippen molar-refractivity contribution in [1.82, 2.24) is 4.98 Å². The van der Waals surface area contributed by atoms with Crippen LogP contribution in [0.5, 0.6) is 0 Å². The van der Waals surface area contributed by atoms with E-state index in [0.29, 0.717) is 26.9 Å². The van der Waals surface area contributed by atoms with Crippen LogP contribution in [0.15, 0.2) is 30.5 Å². The highest BCUT2D eigenvalue weighted by Crippen LogP contribution is 2.30. The molecular formula is C14H11Cl2NO2. The molecule has 0 bridgehead atoms. The third-order valence-corrected chi connectivity index (χ3v) is 3.33. The van der Waals surface area contributed by atoms with E-state index in [1.54, 1.807) is 30.5 Å². The van der Waals surface area contributed by atoms with Crippen LogP contribution in [0, 0.1) is 6.92 Å². The maximum atomic E-state index is 10.8. The molecule has 0 spiro atoms. The Morgan fingerprint density at radius 2 is 2.05 bits per heavy atom. The second kappa shape index (κ2) is 5.59. The van der Waals surface area contributed by atoms with Gasteiger partial charge >= 0.3 is 5.97 Å². The van der Waals surface area contributed by atoms with Gasteiger partial charge in [-0.25, -0.2) is 0 Å². The van der Waals surface area contributed by atoms with E-state index in [-0.39, 0.29) is 6.42 Å². The molecule has 5 heteroatoms. The number of pyridine rings is 1. The van der Waals surface area contributed by atoms with Gasteiger partial charge < -0.3 is 5.11 Å². The van der Waals surface area contributed by atoms with Gasteiger partial charge in [-0.2, -0.15) is 0 Å². The molecule has 0 fully saturated rings. The summed E-state index contributed by atoms with van der Waals surface area (Å²) in [6, 6.07) is 6.84. The van der Waals surface area contributed by atoms with E-state index in [0.717, 1.165) is 5.56 Å². The second-order valence-electron chi connectivity index (χ2n) is 4.19. The number of carboxylic acids is 1. The van der Waals surface area contributed by atoms with Gasteiger partial charge in [0, 0.05) is 16.8 Å². The average molecular weight is 296 g/mol. The van der Waals surface area contributed by atoms with E-state index in [1.807, 2.05) is 6.92 Å². The Morgan fingerprint density at radius 3 is 2.74 bits per heavy atom. The van der Waals surface area contributed by atoms with Crippen molar-refractivity contribution in [1.29, 1.82) is 0 Å². The SMILES string of the molecule is Cc1cnc(-c2cc(Cl)ccc2Cl)cc1CC(=O)O. The van der Waals surface area contributed by atoms with Crippen LogP contribution in [0.2, 0.25) is 10.0 Å². The van der Waals surface area contributed by atoms with Gasteiger partial charge in [0.2, 0.25) is 0 Å².